The van der Waals surface area contributed by atoms with Gasteiger partial charge in [-0.15, -0.1) is 0 Å². The molecule has 3 nitrogen and oxygen atoms in total. The third-order valence-corrected chi connectivity index (χ3v) is 3.26. The summed E-state index contributed by atoms with van der Waals surface area (Å²) in [4.78, 5) is 11.6. The molecule has 0 saturated carbocycles. The van der Waals surface area contributed by atoms with Gasteiger partial charge in [-0.1, -0.05) is 6.07 Å². The number of hydrogen-bond acceptors (Lipinski definition) is 3. The smallest absolute Gasteiger partial charge is 0.293 e. The van der Waals surface area contributed by atoms with Crippen molar-refractivity contribution in [3.63, 3.8) is 0 Å². The highest BCUT2D eigenvalue weighted by atomic mass is 79.9. The molecule has 0 spiro atoms. The Morgan fingerprint density at radius 2 is 2.05 bits per heavy atom. The van der Waals surface area contributed by atoms with Gasteiger partial charge in [-0.25, -0.2) is 4.39 Å². The molecule has 0 aliphatic carbocycles. The molecule has 1 aromatic carbocycles. The fraction of sp³-hybridized carbons (Fsp3) is 0.500. The molecule has 1 aliphatic heterocycles. The van der Waals surface area contributed by atoms with Crippen LogP contribution in [0.25, 0.3) is 0 Å². The Kier molecular flexibility index (Phi) is 5.35. The molecule has 0 amide bonds. The number of carbonyl (C=O) groups excluding carboxylic acids is 1. The zero-order chi connectivity index (χ0) is 14.6. The summed E-state index contributed by atoms with van der Waals surface area (Å²) in [5.74, 6) is -0.132. The van der Waals surface area contributed by atoms with E-state index in [0.717, 1.165) is 24.2 Å². The van der Waals surface area contributed by atoms with Gasteiger partial charge in [-0.2, -0.15) is 0 Å². The minimum atomic E-state index is -0.318. The second-order valence-corrected chi connectivity index (χ2v) is 6.22. The second-order valence-electron chi connectivity index (χ2n) is 5.37. The average Bonchev–Trinajstić information content (AvgIpc) is 2.65. The van der Waals surface area contributed by atoms with Crippen molar-refractivity contribution >= 4 is 28.1 Å². The predicted molar refractivity (Wildman–Crippen MR) is 78.0 cm³/mol. The summed E-state index contributed by atoms with van der Waals surface area (Å²) in [5.41, 5.74) is 1.55. The maximum absolute atomic E-state index is 13.5. The van der Waals surface area contributed by atoms with Crippen molar-refractivity contribution in [2.75, 3.05) is 18.5 Å². The maximum Gasteiger partial charge on any atom is 0.293 e. The molecule has 106 valence electrons. The fourth-order valence-corrected chi connectivity index (χ4v) is 2.06. The maximum atomic E-state index is 13.5. The van der Waals surface area contributed by atoms with Crippen LogP contribution in [-0.4, -0.2) is 25.7 Å². The van der Waals surface area contributed by atoms with E-state index in [4.69, 9.17) is 0 Å². The van der Waals surface area contributed by atoms with Crippen molar-refractivity contribution in [1.29, 1.82) is 0 Å². The molecule has 1 aliphatic rings. The van der Waals surface area contributed by atoms with Gasteiger partial charge in [0.25, 0.3) is 6.47 Å². The lowest BCUT2D eigenvalue weighted by Gasteiger charge is -2.14. The molecule has 0 aromatic heterocycles. The Bertz CT molecular complexity index is 457. The van der Waals surface area contributed by atoms with E-state index in [2.05, 4.69) is 20.7 Å². The monoisotopic (exact) mass is 331 g/mol. The van der Waals surface area contributed by atoms with Crippen molar-refractivity contribution < 1.29 is 13.9 Å². The molecule has 1 aromatic rings. The van der Waals surface area contributed by atoms with Gasteiger partial charge in [0.1, 0.15) is 5.60 Å². The first-order chi connectivity index (χ1) is 8.76. The van der Waals surface area contributed by atoms with Crippen LogP contribution >= 0.6 is 15.9 Å². The van der Waals surface area contributed by atoms with Gasteiger partial charge >= 0.3 is 0 Å². The summed E-state index contributed by atoms with van der Waals surface area (Å²) in [6, 6.07) is 3.75. The lowest BCUT2D eigenvalue weighted by atomic mass is 10.2. The summed E-state index contributed by atoms with van der Waals surface area (Å²) in [7, 11) is 1.92. The highest BCUT2D eigenvalue weighted by Crippen LogP contribution is 2.33. The van der Waals surface area contributed by atoms with Crippen LogP contribution in [-0.2, 0) is 16.0 Å². The van der Waals surface area contributed by atoms with Crippen molar-refractivity contribution in [2.24, 2.45) is 0 Å². The number of ether oxygens (including phenoxy) is 1. The van der Waals surface area contributed by atoms with E-state index in [9.17, 15) is 9.18 Å². The Balaban J connectivity index is 0.000000224. The lowest BCUT2D eigenvalue weighted by Crippen LogP contribution is -2.17. The van der Waals surface area contributed by atoms with Crippen LogP contribution in [0, 0.1) is 5.82 Å². The predicted octanol–water partition coefficient (Wildman–Crippen LogP) is 3.54. The molecule has 5 heteroatoms. The largest absolute Gasteiger partial charge is 0.462 e. The fourth-order valence-electron chi connectivity index (χ4n) is 1.74. The van der Waals surface area contributed by atoms with E-state index in [1.165, 1.54) is 0 Å². The Morgan fingerprint density at radius 3 is 2.53 bits per heavy atom. The third kappa shape index (κ3) is 4.49. The molecule has 0 atom stereocenters. The van der Waals surface area contributed by atoms with Crippen molar-refractivity contribution in [3.05, 3.63) is 28.0 Å². The number of halogens is 2. The molecule has 0 fully saturated rings. The molecule has 19 heavy (non-hydrogen) atoms. The number of carbonyl (C=O) groups is 1. The number of likely N-dealkylation sites (N-methyl/N-ethyl adjacent to an activating group) is 1. The number of anilines is 1. The van der Waals surface area contributed by atoms with E-state index in [1.807, 2.05) is 38.8 Å². The summed E-state index contributed by atoms with van der Waals surface area (Å²) < 4.78 is 18.6. The second kappa shape index (κ2) is 6.37. The van der Waals surface area contributed by atoms with Crippen molar-refractivity contribution in [1.82, 2.24) is 0 Å². The van der Waals surface area contributed by atoms with Crippen LogP contribution < -0.4 is 4.90 Å². The summed E-state index contributed by atoms with van der Waals surface area (Å²) in [6.07, 6.45) is 0.954. The molecule has 0 radical (unpaired) electrons. The first-order valence-electron chi connectivity index (χ1n) is 6.05. The van der Waals surface area contributed by atoms with Crippen molar-refractivity contribution in [2.45, 2.75) is 32.8 Å². The first kappa shape index (κ1) is 16.0. The third-order valence-electron chi connectivity index (χ3n) is 2.65. The zero-order valence-electron chi connectivity index (χ0n) is 11.7. The molecule has 1 heterocycles. The molecular formula is C14H19BrFNO2. The van der Waals surface area contributed by atoms with Gasteiger partial charge in [-0.05, 0) is 54.8 Å². The van der Waals surface area contributed by atoms with E-state index in [-0.39, 0.29) is 11.4 Å². The van der Waals surface area contributed by atoms with Gasteiger partial charge in [0.05, 0.1) is 10.2 Å². The summed E-state index contributed by atoms with van der Waals surface area (Å²) >= 11 is 3.17. The normalized spacial score (nSPS) is 13.5. The van der Waals surface area contributed by atoms with Gasteiger partial charge in [0.15, 0.2) is 5.82 Å². The zero-order valence-corrected chi connectivity index (χ0v) is 13.3. The van der Waals surface area contributed by atoms with Crippen LogP contribution in [0.2, 0.25) is 0 Å². The number of hydrogen-bond donors (Lipinski definition) is 0. The van der Waals surface area contributed by atoms with Gasteiger partial charge < -0.3 is 9.64 Å². The van der Waals surface area contributed by atoms with Gasteiger partial charge in [-0.3, -0.25) is 4.79 Å². The van der Waals surface area contributed by atoms with Crippen LogP contribution in [0.4, 0.5) is 10.1 Å². The van der Waals surface area contributed by atoms with Gasteiger partial charge in [0, 0.05) is 13.6 Å². The van der Waals surface area contributed by atoms with Crippen LogP contribution in [0.5, 0.6) is 0 Å². The topological polar surface area (TPSA) is 29.5 Å². The SMILES string of the molecule is CC(C)(C)OC=O.CN1CCc2ccc(Br)c(F)c21. The van der Waals surface area contributed by atoms with E-state index >= 15 is 0 Å². The summed E-state index contributed by atoms with van der Waals surface area (Å²) in [6.45, 7) is 6.84. The number of rotatable bonds is 1. The highest BCUT2D eigenvalue weighted by molar-refractivity contribution is 9.10. The van der Waals surface area contributed by atoms with E-state index in [1.54, 1.807) is 6.07 Å². The standard InChI is InChI=1S/C9H9BrFN.C5H10O2/c1-12-5-4-6-2-3-7(10)8(11)9(6)12;1-5(2,3)7-4-6/h2-3H,4-5H2,1H3;4H,1-3H3. The lowest BCUT2D eigenvalue weighted by molar-refractivity contribution is -0.138. The van der Waals surface area contributed by atoms with E-state index in [0.29, 0.717) is 10.9 Å². The number of nitrogens with zero attached hydrogens (tertiary/aromatic N) is 1. The van der Waals surface area contributed by atoms with Crippen molar-refractivity contribution in [3.8, 4) is 0 Å². The average molecular weight is 332 g/mol. The number of fused-ring (bicyclic) bond motifs is 1. The molecule has 0 saturated heterocycles. The summed E-state index contributed by atoms with van der Waals surface area (Å²) in [5, 5.41) is 0. The molecule has 0 bridgehead atoms. The molecule has 0 N–H and O–H groups in total. The Labute approximate surface area is 121 Å². The minimum absolute atomic E-state index is 0.132. The quantitative estimate of drug-likeness (QED) is 0.737. The molecule has 0 unspecified atom stereocenters. The Hall–Kier alpha value is -1.10. The minimum Gasteiger partial charge on any atom is -0.462 e. The highest BCUT2D eigenvalue weighted by Gasteiger charge is 2.20. The number of benzene rings is 1. The van der Waals surface area contributed by atoms with Crippen LogP contribution in [0.1, 0.15) is 26.3 Å². The van der Waals surface area contributed by atoms with Crippen LogP contribution in [0.3, 0.4) is 0 Å². The first-order valence-corrected chi connectivity index (χ1v) is 6.85. The molecular weight excluding hydrogens is 313 g/mol. The van der Waals surface area contributed by atoms with E-state index < -0.39 is 0 Å². The Morgan fingerprint density at radius 1 is 1.42 bits per heavy atom. The van der Waals surface area contributed by atoms with Crippen LogP contribution in [0.15, 0.2) is 16.6 Å². The molecule has 2 rings (SSSR count). The van der Waals surface area contributed by atoms with Gasteiger partial charge in [0.2, 0.25) is 0 Å².